The van der Waals surface area contributed by atoms with Crippen LogP contribution in [0.25, 0.3) is 10.2 Å². The summed E-state index contributed by atoms with van der Waals surface area (Å²) in [6.45, 7) is 4.10. The van der Waals surface area contributed by atoms with Crippen molar-refractivity contribution in [3.63, 3.8) is 0 Å². The molecule has 4 aromatic rings. The molecule has 2 heterocycles. The summed E-state index contributed by atoms with van der Waals surface area (Å²) >= 11 is 1.15. The van der Waals surface area contributed by atoms with E-state index in [0.29, 0.717) is 38.6 Å². The van der Waals surface area contributed by atoms with Gasteiger partial charge in [-0.15, -0.1) is 11.3 Å². The van der Waals surface area contributed by atoms with Gasteiger partial charge in [0.05, 0.1) is 16.6 Å². The Labute approximate surface area is 200 Å². The largest absolute Gasteiger partial charge is 0.457 e. The first-order valence-corrected chi connectivity index (χ1v) is 11.7. The van der Waals surface area contributed by atoms with E-state index in [2.05, 4.69) is 15.6 Å². The van der Waals surface area contributed by atoms with Crippen LogP contribution in [0.4, 0.5) is 5.69 Å². The Kier molecular flexibility index (Phi) is 7.03. The van der Waals surface area contributed by atoms with Gasteiger partial charge in [-0.2, -0.15) is 0 Å². The first-order chi connectivity index (χ1) is 16.5. The number of hydrogen-bond acceptors (Lipinski definition) is 6. The molecule has 0 unspecified atom stereocenters. The smallest absolute Gasteiger partial charge is 0.266 e. The van der Waals surface area contributed by atoms with Crippen molar-refractivity contribution >= 4 is 39.1 Å². The zero-order valence-electron chi connectivity index (χ0n) is 18.8. The monoisotopic (exact) mass is 476 g/mol. The second-order valence-corrected chi connectivity index (χ2v) is 8.66. The zero-order valence-corrected chi connectivity index (χ0v) is 19.6. The molecule has 2 aromatic carbocycles. The Morgan fingerprint density at radius 1 is 1.06 bits per heavy atom. The van der Waals surface area contributed by atoms with Crippen LogP contribution in [0.2, 0.25) is 0 Å². The molecule has 0 saturated carbocycles. The van der Waals surface area contributed by atoms with Crippen molar-refractivity contribution < 1.29 is 14.3 Å². The maximum atomic E-state index is 12.9. The van der Waals surface area contributed by atoms with Gasteiger partial charge in [-0.1, -0.05) is 25.1 Å². The molecule has 0 radical (unpaired) electrons. The van der Waals surface area contributed by atoms with E-state index in [1.165, 1.54) is 10.9 Å². The van der Waals surface area contributed by atoms with Gasteiger partial charge in [0.15, 0.2) is 0 Å². The van der Waals surface area contributed by atoms with E-state index < -0.39 is 0 Å². The molecular weight excluding hydrogens is 452 g/mol. The average Bonchev–Trinajstić information content (AvgIpc) is 3.18. The lowest BCUT2D eigenvalue weighted by Gasteiger charge is -2.08. The van der Waals surface area contributed by atoms with E-state index in [1.54, 1.807) is 31.2 Å². The highest BCUT2D eigenvalue weighted by Crippen LogP contribution is 2.28. The van der Waals surface area contributed by atoms with Gasteiger partial charge in [0.2, 0.25) is 5.91 Å². The number of para-hydroxylation sites is 1. The number of aryl methyl sites for hydroxylation is 1. The number of nitrogens with zero attached hydrogens (tertiary/aromatic N) is 2. The minimum atomic E-state index is -0.341. The summed E-state index contributed by atoms with van der Waals surface area (Å²) in [7, 11) is 0. The van der Waals surface area contributed by atoms with Crippen LogP contribution in [0.15, 0.2) is 65.7 Å². The summed E-state index contributed by atoms with van der Waals surface area (Å²) in [6, 6.07) is 16.5. The first kappa shape index (κ1) is 23.2. The summed E-state index contributed by atoms with van der Waals surface area (Å²) in [5, 5.41) is 5.95. The Morgan fingerprint density at radius 2 is 1.76 bits per heavy atom. The lowest BCUT2D eigenvalue weighted by atomic mass is 10.2. The maximum absolute atomic E-state index is 12.9. The molecule has 34 heavy (non-hydrogen) atoms. The lowest BCUT2D eigenvalue weighted by molar-refractivity contribution is -0.121. The van der Waals surface area contributed by atoms with Gasteiger partial charge in [0.25, 0.3) is 11.5 Å². The van der Waals surface area contributed by atoms with Crippen LogP contribution in [0.5, 0.6) is 11.5 Å². The van der Waals surface area contributed by atoms with Crippen molar-refractivity contribution in [2.75, 3.05) is 11.9 Å². The number of carbonyl (C=O) groups is 2. The molecule has 4 rings (SSSR count). The van der Waals surface area contributed by atoms with E-state index in [9.17, 15) is 14.4 Å². The van der Waals surface area contributed by atoms with Gasteiger partial charge in [-0.25, -0.2) is 4.98 Å². The standard InChI is InChI=1S/C25H24N4O4S/c1-3-13-26-20(30)14-29-15-27-24-21(25(29)32)16(2)22(34-24)23(31)28-17-9-11-19(12-10-17)33-18-7-5-4-6-8-18/h4-12,15H,3,13-14H2,1-2H3,(H,26,30)(H,28,31). The van der Waals surface area contributed by atoms with Crippen LogP contribution in [0.1, 0.15) is 28.6 Å². The number of thiophene rings is 1. The van der Waals surface area contributed by atoms with Crippen LogP contribution in [-0.4, -0.2) is 27.9 Å². The summed E-state index contributed by atoms with van der Waals surface area (Å²) in [4.78, 5) is 43.1. The third-order valence-corrected chi connectivity index (χ3v) is 6.30. The number of fused-ring (bicyclic) bond motifs is 1. The molecule has 174 valence electrons. The van der Waals surface area contributed by atoms with Crippen LogP contribution >= 0.6 is 11.3 Å². The SMILES string of the molecule is CCCNC(=O)Cn1cnc2sc(C(=O)Nc3ccc(Oc4ccccc4)cc3)c(C)c2c1=O. The van der Waals surface area contributed by atoms with Gasteiger partial charge in [-0.3, -0.25) is 19.0 Å². The van der Waals surface area contributed by atoms with E-state index in [0.717, 1.165) is 23.5 Å². The fourth-order valence-corrected chi connectivity index (χ4v) is 4.42. The number of anilines is 1. The van der Waals surface area contributed by atoms with Gasteiger partial charge >= 0.3 is 0 Å². The first-order valence-electron chi connectivity index (χ1n) is 10.9. The highest BCUT2D eigenvalue weighted by molar-refractivity contribution is 7.20. The van der Waals surface area contributed by atoms with E-state index in [-0.39, 0.29) is 23.9 Å². The van der Waals surface area contributed by atoms with E-state index in [4.69, 9.17) is 4.74 Å². The molecule has 0 aliphatic rings. The van der Waals surface area contributed by atoms with Crippen molar-refractivity contribution in [1.29, 1.82) is 0 Å². The second-order valence-electron chi connectivity index (χ2n) is 7.66. The molecule has 0 aliphatic carbocycles. The van der Waals surface area contributed by atoms with Crippen molar-refractivity contribution in [1.82, 2.24) is 14.9 Å². The molecule has 0 spiro atoms. The molecule has 8 nitrogen and oxygen atoms in total. The molecule has 2 N–H and O–H groups in total. The quantitative estimate of drug-likeness (QED) is 0.394. The van der Waals surface area contributed by atoms with E-state index >= 15 is 0 Å². The fraction of sp³-hybridized carbons (Fsp3) is 0.200. The normalized spacial score (nSPS) is 10.8. The maximum Gasteiger partial charge on any atom is 0.266 e. The van der Waals surface area contributed by atoms with Crippen LogP contribution in [0, 0.1) is 6.92 Å². The van der Waals surface area contributed by atoms with Crippen LogP contribution in [0.3, 0.4) is 0 Å². The predicted molar refractivity (Wildman–Crippen MR) is 133 cm³/mol. The van der Waals surface area contributed by atoms with Gasteiger partial charge in [0.1, 0.15) is 22.9 Å². The number of amides is 2. The van der Waals surface area contributed by atoms with Gasteiger partial charge < -0.3 is 15.4 Å². The number of hydrogen-bond donors (Lipinski definition) is 2. The third kappa shape index (κ3) is 5.15. The molecule has 2 amide bonds. The summed E-state index contributed by atoms with van der Waals surface area (Å²) in [5.41, 5.74) is 0.800. The molecule has 2 aromatic heterocycles. The molecule has 0 atom stereocenters. The van der Waals surface area contributed by atoms with Crippen LogP contribution in [-0.2, 0) is 11.3 Å². The van der Waals surface area contributed by atoms with Crippen molar-refractivity contribution in [2.45, 2.75) is 26.8 Å². The van der Waals surface area contributed by atoms with Crippen molar-refractivity contribution in [2.24, 2.45) is 0 Å². The number of rotatable bonds is 8. The Bertz CT molecular complexity index is 1380. The van der Waals surface area contributed by atoms with E-state index in [1.807, 2.05) is 37.3 Å². The predicted octanol–water partition coefficient (Wildman–Crippen LogP) is 4.34. The summed E-state index contributed by atoms with van der Waals surface area (Å²) < 4.78 is 7.04. The van der Waals surface area contributed by atoms with Crippen molar-refractivity contribution in [3.8, 4) is 11.5 Å². The summed E-state index contributed by atoms with van der Waals surface area (Å²) in [5.74, 6) is 0.788. The fourth-order valence-electron chi connectivity index (χ4n) is 3.38. The minimum Gasteiger partial charge on any atom is -0.457 e. The van der Waals surface area contributed by atoms with Crippen LogP contribution < -0.4 is 20.9 Å². The van der Waals surface area contributed by atoms with Gasteiger partial charge in [0, 0.05) is 12.2 Å². The molecule has 0 fully saturated rings. The number of ether oxygens (including phenoxy) is 1. The number of aromatic nitrogens is 2. The highest BCUT2D eigenvalue weighted by Gasteiger charge is 2.20. The number of nitrogens with one attached hydrogen (secondary N) is 2. The Hall–Kier alpha value is -3.98. The molecule has 0 bridgehead atoms. The molecule has 0 aliphatic heterocycles. The number of carbonyl (C=O) groups excluding carboxylic acids is 2. The average molecular weight is 477 g/mol. The van der Waals surface area contributed by atoms with Crippen molar-refractivity contribution in [3.05, 3.63) is 81.7 Å². The molecule has 0 saturated heterocycles. The highest BCUT2D eigenvalue weighted by atomic mass is 32.1. The summed E-state index contributed by atoms with van der Waals surface area (Å²) in [6.07, 6.45) is 2.15. The van der Waals surface area contributed by atoms with Gasteiger partial charge in [-0.05, 0) is 55.3 Å². The topological polar surface area (TPSA) is 102 Å². The lowest BCUT2D eigenvalue weighted by Crippen LogP contribution is -2.32. The Morgan fingerprint density at radius 3 is 2.47 bits per heavy atom. The molecular formula is C25H24N4O4S. The molecule has 9 heteroatoms. The number of benzene rings is 2. The second kappa shape index (κ2) is 10.3. The Balaban J connectivity index is 1.50. The zero-order chi connectivity index (χ0) is 24.1. The minimum absolute atomic E-state index is 0.115. The third-order valence-electron chi connectivity index (χ3n) is 5.10.